The van der Waals surface area contributed by atoms with Crippen molar-refractivity contribution in [2.45, 2.75) is 80.1 Å². The Morgan fingerprint density at radius 3 is 1.60 bits per heavy atom. The molecule has 0 bridgehead atoms. The summed E-state index contributed by atoms with van der Waals surface area (Å²) in [6.45, 7) is 14.8. The number of rotatable bonds is 8. The molecule has 50 heavy (non-hydrogen) atoms. The predicted molar refractivity (Wildman–Crippen MR) is 196 cm³/mol. The fraction of sp³-hybridized carbons (Fsp3) is 0.333. The molecule has 0 amide bonds. The lowest BCUT2D eigenvalue weighted by Gasteiger charge is -2.42. The van der Waals surface area contributed by atoms with Crippen LogP contribution in [0.15, 0.2) is 58.6 Å². The fourth-order valence-corrected chi connectivity index (χ4v) is 7.90. The molecule has 5 aliphatic rings. The van der Waals surface area contributed by atoms with Crippen LogP contribution in [0.5, 0.6) is 0 Å². The molecule has 254 valence electrons. The first-order chi connectivity index (χ1) is 23.5. The van der Waals surface area contributed by atoms with E-state index in [9.17, 15) is 29.7 Å². The molecule has 0 unspecified atom stereocenters. The summed E-state index contributed by atoms with van der Waals surface area (Å²) < 4.78 is 0. The summed E-state index contributed by atoms with van der Waals surface area (Å²) in [5.74, 6) is -2.11. The Labute approximate surface area is 303 Å². The fourth-order valence-electron chi connectivity index (χ4n) is 7.41. The van der Waals surface area contributed by atoms with Gasteiger partial charge in [-0.1, -0.05) is 87.3 Å². The summed E-state index contributed by atoms with van der Waals surface area (Å²) in [6.07, 6.45) is -0.803. The van der Waals surface area contributed by atoms with Crippen molar-refractivity contribution in [1.82, 2.24) is 0 Å². The topological polar surface area (TPSA) is 116 Å². The summed E-state index contributed by atoms with van der Waals surface area (Å²) in [5, 5.41) is 21.1. The molecule has 0 spiro atoms. The zero-order chi connectivity index (χ0) is 37.0. The summed E-state index contributed by atoms with van der Waals surface area (Å²) in [5.41, 5.74) is 3.16. The zero-order valence-corrected chi connectivity index (χ0v) is 31.0. The van der Waals surface area contributed by atoms with Crippen molar-refractivity contribution in [2.24, 2.45) is 10.8 Å². The molecule has 0 fully saturated rings. The van der Waals surface area contributed by atoms with Crippen molar-refractivity contribution in [3.05, 3.63) is 103 Å². The molecule has 0 aromatic rings. The van der Waals surface area contributed by atoms with E-state index in [2.05, 4.69) is 12.1 Å². The summed E-state index contributed by atoms with van der Waals surface area (Å²) in [7, 11) is 0. The number of carbonyl (C=O) groups is 4. The SMILES string of the molecule is CC(=O)c1cc(C[C@@]2(C#N)C(=O)C(Cl)=C(Cl)C(=O)[C@]2(C#N)Cc2ccc(C(C)C)cc3c(C)cc(C(C)=O)c2-3)c2cc(C(C)C)ccc(C)c1-2. The molecule has 0 aliphatic heterocycles. The minimum Gasteiger partial charge on any atom is -0.294 e. The van der Waals surface area contributed by atoms with Crippen LogP contribution in [0.2, 0.25) is 0 Å². The summed E-state index contributed by atoms with van der Waals surface area (Å²) >= 11 is 13.0. The van der Waals surface area contributed by atoms with Crippen molar-refractivity contribution < 1.29 is 19.2 Å². The van der Waals surface area contributed by atoms with E-state index in [4.69, 9.17) is 23.2 Å². The summed E-state index contributed by atoms with van der Waals surface area (Å²) in [4.78, 5) is 55.1. The highest BCUT2D eigenvalue weighted by atomic mass is 35.5. The number of fused-ring (bicyclic) bond motifs is 2. The highest BCUT2D eigenvalue weighted by Crippen LogP contribution is 2.55. The van der Waals surface area contributed by atoms with Gasteiger partial charge in [-0.15, -0.1) is 0 Å². The third-order valence-corrected chi connectivity index (χ3v) is 11.2. The number of carbonyl (C=O) groups excluding carboxylic acids is 4. The van der Waals surface area contributed by atoms with Gasteiger partial charge in [0.1, 0.15) is 10.1 Å². The van der Waals surface area contributed by atoms with Crippen molar-refractivity contribution in [3.8, 4) is 34.4 Å². The lowest BCUT2D eigenvalue weighted by molar-refractivity contribution is -0.138. The third kappa shape index (κ3) is 5.56. The van der Waals surface area contributed by atoms with Gasteiger partial charge in [0, 0.05) is 24.0 Å². The first-order valence-electron chi connectivity index (χ1n) is 16.6. The number of ketones is 4. The number of Topliss-reactive ketones (excluding diaryl/α,β-unsaturated/α-hetero) is 4. The van der Waals surface area contributed by atoms with E-state index in [0.717, 1.165) is 27.8 Å². The monoisotopic (exact) mass is 704 g/mol. The van der Waals surface area contributed by atoms with E-state index in [1.165, 1.54) is 13.8 Å². The van der Waals surface area contributed by atoms with E-state index in [0.29, 0.717) is 38.9 Å². The average Bonchev–Trinajstić information content (AvgIpc) is 3.44. The van der Waals surface area contributed by atoms with Gasteiger partial charge in [0.2, 0.25) is 0 Å². The molecule has 0 radical (unpaired) electrons. The minimum atomic E-state index is -2.36. The van der Waals surface area contributed by atoms with Gasteiger partial charge in [0.05, 0.1) is 12.1 Å². The Balaban J connectivity index is 1.87. The molecule has 5 rings (SSSR count). The lowest BCUT2D eigenvalue weighted by atomic mass is 9.53. The van der Waals surface area contributed by atoms with Crippen LogP contribution in [0, 0.1) is 47.3 Å². The maximum atomic E-state index is 14.5. The van der Waals surface area contributed by atoms with Crippen LogP contribution in [-0.2, 0) is 22.4 Å². The van der Waals surface area contributed by atoms with Crippen LogP contribution in [0.25, 0.3) is 22.3 Å². The molecular weight excluding hydrogens is 667 g/mol. The minimum absolute atomic E-state index is 0.103. The average molecular weight is 706 g/mol. The van der Waals surface area contributed by atoms with Crippen molar-refractivity contribution >= 4 is 46.3 Å². The molecule has 8 heteroatoms. The maximum Gasteiger partial charge on any atom is 0.198 e. The van der Waals surface area contributed by atoms with Gasteiger partial charge in [-0.05, 0) is 107 Å². The van der Waals surface area contributed by atoms with Crippen LogP contribution in [0.3, 0.4) is 0 Å². The number of hydrogen-bond donors (Lipinski definition) is 0. The number of nitrogens with zero attached hydrogens (tertiary/aromatic N) is 2. The van der Waals surface area contributed by atoms with Gasteiger partial charge >= 0.3 is 0 Å². The largest absolute Gasteiger partial charge is 0.294 e. The second kappa shape index (κ2) is 13.3. The van der Waals surface area contributed by atoms with Gasteiger partial charge in [-0.25, -0.2) is 0 Å². The van der Waals surface area contributed by atoms with E-state index >= 15 is 0 Å². The van der Waals surface area contributed by atoms with E-state index in [1.54, 1.807) is 18.2 Å². The number of halogens is 2. The van der Waals surface area contributed by atoms with Crippen LogP contribution in [0.1, 0.15) is 107 Å². The molecular formula is C42H38Cl2N2O4. The van der Waals surface area contributed by atoms with Crippen LogP contribution >= 0.6 is 23.2 Å². The quantitative estimate of drug-likeness (QED) is 0.169. The Kier molecular flexibility index (Phi) is 9.72. The Morgan fingerprint density at radius 2 is 1.12 bits per heavy atom. The first kappa shape index (κ1) is 36.7. The highest BCUT2D eigenvalue weighted by Gasteiger charge is 2.66. The smallest absolute Gasteiger partial charge is 0.198 e. The maximum absolute atomic E-state index is 14.5. The summed E-state index contributed by atoms with van der Waals surface area (Å²) in [6, 6.07) is 19.2. The van der Waals surface area contributed by atoms with Crippen molar-refractivity contribution in [3.63, 3.8) is 0 Å². The Bertz CT molecular complexity index is 2200. The van der Waals surface area contributed by atoms with E-state index in [1.807, 2.05) is 71.9 Å². The third-order valence-electron chi connectivity index (χ3n) is 10.3. The molecule has 6 nitrogen and oxygen atoms in total. The standard InChI is InChI=1S/C42H38Cl2N2O4/c1-21(2)27-10-9-23(5)35-33(26(8)48)16-30(34(35)15-27)18-42(20-46)40(50)38(44)37(43)39(49)41(42,19-45)17-29-12-11-28(22(3)4)14-31-24(6)13-32(25(7)47)36(29)31/h9-16,21-22H,17-18H2,1-8H3/t41-,42-/m1/s1. The molecule has 0 heterocycles. The molecule has 2 atom stereocenters. The van der Waals surface area contributed by atoms with E-state index in [-0.39, 0.29) is 23.4 Å². The lowest BCUT2D eigenvalue weighted by Crippen LogP contribution is -2.57. The highest BCUT2D eigenvalue weighted by molar-refractivity contribution is 6.57. The first-order valence-corrected chi connectivity index (χ1v) is 17.3. The van der Waals surface area contributed by atoms with Gasteiger partial charge in [-0.2, -0.15) is 10.5 Å². The number of allylic oxidation sites excluding steroid dienone is 2. The molecule has 0 saturated heterocycles. The molecule has 5 aliphatic carbocycles. The number of nitriles is 2. The van der Waals surface area contributed by atoms with Crippen molar-refractivity contribution in [2.75, 3.05) is 0 Å². The van der Waals surface area contributed by atoms with Crippen LogP contribution in [-0.4, -0.2) is 23.1 Å². The Morgan fingerprint density at radius 1 is 0.660 bits per heavy atom. The van der Waals surface area contributed by atoms with Crippen LogP contribution < -0.4 is 0 Å². The zero-order valence-electron chi connectivity index (χ0n) is 29.5. The normalized spacial score (nSPS) is 19.4. The number of hydrogen-bond acceptors (Lipinski definition) is 6. The van der Waals surface area contributed by atoms with Gasteiger partial charge < -0.3 is 0 Å². The van der Waals surface area contributed by atoms with E-state index < -0.39 is 45.3 Å². The van der Waals surface area contributed by atoms with Gasteiger partial charge in [0.15, 0.2) is 34.0 Å². The van der Waals surface area contributed by atoms with Crippen LogP contribution in [0.4, 0.5) is 0 Å². The molecule has 0 N–H and O–H groups in total. The predicted octanol–water partition coefficient (Wildman–Crippen LogP) is 9.81. The molecule has 0 saturated carbocycles. The molecule has 0 aromatic carbocycles. The number of aryl methyl sites for hydroxylation is 2. The second-order valence-corrected chi connectivity index (χ2v) is 14.9. The van der Waals surface area contributed by atoms with Gasteiger partial charge in [0.25, 0.3) is 0 Å². The van der Waals surface area contributed by atoms with Gasteiger partial charge in [-0.3, -0.25) is 19.2 Å². The molecule has 0 aromatic heterocycles. The second-order valence-electron chi connectivity index (χ2n) is 14.2. The van der Waals surface area contributed by atoms with Crippen molar-refractivity contribution in [1.29, 1.82) is 10.5 Å². The Hall–Kier alpha value is -4.62.